The third-order valence-electron chi connectivity index (χ3n) is 1.41. The van der Waals surface area contributed by atoms with E-state index in [4.69, 9.17) is 11.5 Å². The first kappa shape index (κ1) is 17.3. The molecule has 96 valence electrons. The maximum Gasteiger partial charge on any atom is 0.217 e. The highest BCUT2D eigenvalue weighted by Gasteiger charge is 2.13. The zero-order valence-corrected chi connectivity index (χ0v) is 11.4. The molecule has 2 amide bonds. The lowest BCUT2D eigenvalue weighted by atomic mass is 9.92. The number of carbonyl (C=O) groups is 2. The van der Waals surface area contributed by atoms with E-state index in [0.717, 1.165) is 0 Å². The Kier molecular flexibility index (Phi) is 7.05. The van der Waals surface area contributed by atoms with E-state index in [1.807, 2.05) is 41.5 Å². The van der Waals surface area contributed by atoms with Gasteiger partial charge in [-0.15, -0.1) is 0 Å². The van der Waals surface area contributed by atoms with Crippen molar-refractivity contribution < 1.29 is 9.59 Å². The summed E-state index contributed by atoms with van der Waals surface area (Å²) in [5.74, 6) is -0.449. The monoisotopic (exact) mass is 230 g/mol. The van der Waals surface area contributed by atoms with E-state index >= 15 is 0 Å². The van der Waals surface area contributed by atoms with Crippen molar-refractivity contribution in [1.82, 2.24) is 0 Å². The fourth-order valence-corrected chi connectivity index (χ4v) is 1.05. The average molecular weight is 230 g/mol. The predicted octanol–water partition coefficient (Wildman–Crippen LogP) is 1.82. The molecule has 4 heteroatoms. The molecule has 4 N–H and O–H groups in total. The van der Waals surface area contributed by atoms with Gasteiger partial charge in [-0.3, -0.25) is 9.59 Å². The Hall–Kier alpha value is -1.06. The number of hydrogen-bond donors (Lipinski definition) is 2. The molecule has 0 aromatic rings. The largest absolute Gasteiger partial charge is 0.370 e. The van der Waals surface area contributed by atoms with Gasteiger partial charge in [0.25, 0.3) is 0 Å². The molecule has 0 aromatic heterocycles. The summed E-state index contributed by atoms with van der Waals surface area (Å²) in [6.45, 7) is 11.9. The standard InChI is InChI=1S/2C6H13NO/c2*1-6(2,3)4-5(7)8/h2*4H2,1-3H3,(H2,7,8). The molecule has 0 atom stereocenters. The number of nitrogens with two attached hydrogens (primary N) is 2. The van der Waals surface area contributed by atoms with Crippen molar-refractivity contribution in [2.75, 3.05) is 0 Å². The van der Waals surface area contributed by atoms with E-state index in [2.05, 4.69) is 0 Å². The van der Waals surface area contributed by atoms with Crippen LogP contribution in [0, 0.1) is 10.8 Å². The minimum atomic E-state index is -0.225. The van der Waals surface area contributed by atoms with Gasteiger partial charge < -0.3 is 11.5 Å². The minimum Gasteiger partial charge on any atom is -0.370 e. The number of primary amides is 2. The molecule has 0 aliphatic rings. The van der Waals surface area contributed by atoms with Crippen molar-refractivity contribution in [2.24, 2.45) is 22.3 Å². The smallest absolute Gasteiger partial charge is 0.217 e. The van der Waals surface area contributed by atoms with Gasteiger partial charge >= 0.3 is 0 Å². The maximum absolute atomic E-state index is 10.2. The number of amides is 2. The summed E-state index contributed by atoms with van der Waals surface area (Å²) in [6.07, 6.45) is 0.931. The van der Waals surface area contributed by atoms with Crippen LogP contribution in [0.15, 0.2) is 0 Å². The normalized spacial score (nSPS) is 11.4. The van der Waals surface area contributed by atoms with Crippen molar-refractivity contribution >= 4 is 11.8 Å². The van der Waals surface area contributed by atoms with Crippen molar-refractivity contribution in [2.45, 2.75) is 54.4 Å². The summed E-state index contributed by atoms with van der Waals surface area (Å²) in [5.41, 5.74) is 9.97. The van der Waals surface area contributed by atoms with Gasteiger partial charge in [-0.2, -0.15) is 0 Å². The summed E-state index contributed by atoms with van der Waals surface area (Å²) in [4.78, 5) is 20.5. The van der Waals surface area contributed by atoms with Gasteiger partial charge in [-0.25, -0.2) is 0 Å². The topological polar surface area (TPSA) is 86.2 Å². The van der Waals surface area contributed by atoms with Crippen LogP contribution in [-0.2, 0) is 9.59 Å². The third kappa shape index (κ3) is 23.1. The van der Waals surface area contributed by atoms with Crippen molar-refractivity contribution in [3.05, 3.63) is 0 Å². The number of hydrogen-bond acceptors (Lipinski definition) is 2. The van der Waals surface area contributed by atoms with E-state index in [1.54, 1.807) is 0 Å². The predicted molar refractivity (Wildman–Crippen MR) is 66.5 cm³/mol. The lowest BCUT2D eigenvalue weighted by Gasteiger charge is -2.14. The molecule has 16 heavy (non-hydrogen) atoms. The molecule has 0 saturated heterocycles. The SMILES string of the molecule is CC(C)(C)CC(N)=O.CC(C)(C)CC(N)=O. The summed E-state index contributed by atoms with van der Waals surface area (Å²) < 4.78 is 0. The summed E-state index contributed by atoms with van der Waals surface area (Å²) in [7, 11) is 0. The molecular weight excluding hydrogens is 204 g/mol. The van der Waals surface area contributed by atoms with Crippen molar-refractivity contribution in [1.29, 1.82) is 0 Å². The van der Waals surface area contributed by atoms with E-state index in [-0.39, 0.29) is 22.6 Å². The van der Waals surface area contributed by atoms with Crippen LogP contribution in [0.5, 0.6) is 0 Å². The first-order chi connectivity index (χ1) is 6.83. The van der Waals surface area contributed by atoms with Crippen LogP contribution in [0.3, 0.4) is 0 Å². The Labute approximate surface area is 98.8 Å². The fraction of sp³-hybridized carbons (Fsp3) is 0.833. The highest BCUT2D eigenvalue weighted by Crippen LogP contribution is 2.17. The fourth-order valence-electron chi connectivity index (χ4n) is 1.05. The van der Waals surface area contributed by atoms with Gasteiger partial charge in [0.05, 0.1) is 0 Å². The Balaban J connectivity index is 0. The van der Waals surface area contributed by atoms with E-state index in [9.17, 15) is 9.59 Å². The lowest BCUT2D eigenvalue weighted by Crippen LogP contribution is -2.19. The molecule has 0 saturated carbocycles. The van der Waals surface area contributed by atoms with Gasteiger partial charge in [-0.1, -0.05) is 41.5 Å². The third-order valence-corrected chi connectivity index (χ3v) is 1.41. The molecule has 4 nitrogen and oxygen atoms in total. The van der Waals surface area contributed by atoms with E-state index < -0.39 is 0 Å². The van der Waals surface area contributed by atoms with E-state index in [0.29, 0.717) is 12.8 Å². The van der Waals surface area contributed by atoms with Crippen LogP contribution in [0.25, 0.3) is 0 Å². The highest BCUT2D eigenvalue weighted by atomic mass is 16.1. The van der Waals surface area contributed by atoms with Crippen LogP contribution in [0.4, 0.5) is 0 Å². The molecule has 0 aliphatic carbocycles. The molecule has 0 spiro atoms. The second kappa shape index (κ2) is 6.51. The number of rotatable bonds is 2. The Morgan fingerprint density at radius 1 is 0.750 bits per heavy atom. The summed E-state index contributed by atoms with van der Waals surface area (Å²) in [6, 6.07) is 0. The van der Waals surface area contributed by atoms with Crippen LogP contribution < -0.4 is 11.5 Å². The second-order valence-corrected chi connectivity index (χ2v) is 6.41. The van der Waals surface area contributed by atoms with Gasteiger partial charge in [0, 0.05) is 12.8 Å². The quantitative estimate of drug-likeness (QED) is 0.758. The first-order valence-electron chi connectivity index (χ1n) is 5.40. The Morgan fingerprint density at radius 3 is 0.938 bits per heavy atom. The second-order valence-electron chi connectivity index (χ2n) is 6.41. The molecular formula is C12H26N2O2. The molecule has 0 heterocycles. The van der Waals surface area contributed by atoms with Crippen LogP contribution in [0.2, 0.25) is 0 Å². The highest BCUT2D eigenvalue weighted by molar-refractivity contribution is 5.74. The zero-order valence-electron chi connectivity index (χ0n) is 11.4. The van der Waals surface area contributed by atoms with Gasteiger partial charge in [0.2, 0.25) is 11.8 Å². The average Bonchev–Trinajstić information content (AvgIpc) is 1.72. The van der Waals surface area contributed by atoms with Crippen LogP contribution >= 0.6 is 0 Å². The first-order valence-corrected chi connectivity index (χ1v) is 5.40. The van der Waals surface area contributed by atoms with Gasteiger partial charge in [-0.05, 0) is 10.8 Å². The van der Waals surface area contributed by atoms with Crippen molar-refractivity contribution in [3.63, 3.8) is 0 Å². The molecule has 0 fully saturated rings. The van der Waals surface area contributed by atoms with E-state index in [1.165, 1.54) is 0 Å². The molecule has 0 aromatic carbocycles. The lowest BCUT2D eigenvalue weighted by molar-refractivity contribution is -0.120. The van der Waals surface area contributed by atoms with Gasteiger partial charge in [0.15, 0.2) is 0 Å². The Morgan fingerprint density at radius 2 is 0.938 bits per heavy atom. The summed E-state index contributed by atoms with van der Waals surface area (Å²) >= 11 is 0. The molecule has 0 unspecified atom stereocenters. The molecule has 0 aliphatic heterocycles. The van der Waals surface area contributed by atoms with Crippen LogP contribution in [0.1, 0.15) is 54.4 Å². The molecule has 0 bridgehead atoms. The van der Waals surface area contributed by atoms with Crippen LogP contribution in [-0.4, -0.2) is 11.8 Å². The maximum atomic E-state index is 10.2. The molecule has 0 rings (SSSR count). The zero-order chi connectivity index (χ0) is 13.6. The van der Waals surface area contributed by atoms with Crippen molar-refractivity contribution in [3.8, 4) is 0 Å². The van der Waals surface area contributed by atoms with Gasteiger partial charge in [0.1, 0.15) is 0 Å². The molecule has 0 radical (unpaired) electrons. The minimum absolute atomic E-state index is 0.0475. The number of carbonyl (C=O) groups excluding carboxylic acids is 2. The summed E-state index contributed by atoms with van der Waals surface area (Å²) in [5, 5.41) is 0. The Bertz CT molecular complexity index is 208.